The molecule has 1 aliphatic heterocycles. The molecule has 130 valence electrons. The lowest BCUT2D eigenvalue weighted by Crippen LogP contribution is -2.33. The van der Waals surface area contributed by atoms with Crippen LogP contribution in [0, 0.1) is 0 Å². The molecule has 3 heterocycles. The number of nitrogens with zero attached hydrogens (tertiary/aromatic N) is 3. The summed E-state index contributed by atoms with van der Waals surface area (Å²) in [5.41, 5.74) is 2.19. The molecule has 2 aromatic heterocycles. The second kappa shape index (κ2) is 6.41. The zero-order valence-corrected chi connectivity index (χ0v) is 13.2. The highest BCUT2D eigenvalue weighted by Crippen LogP contribution is 2.33. The molecule has 0 radical (unpaired) electrons. The summed E-state index contributed by atoms with van der Waals surface area (Å²) in [6, 6.07) is 11.4. The van der Waals surface area contributed by atoms with Gasteiger partial charge < -0.3 is 29.9 Å². The van der Waals surface area contributed by atoms with Crippen LogP contribution >= 0.6 is 0 Å². The zero-order chi connectivity index (χ0) is 17.4. The molecule has 0 amide bonds. The summed E-state index contributed by atoms with van der Waals surface area (Å²) in [5.74, 6) is 0.578. The smallest absolute Gasteiger partial charge is 0.164 e. The molecule has 0 bridgehead atoms. The predicted octanol–water partition coefficient (Wildman–Crippen LogP) is 0.786. The average molecular weight is 342 g/mol. The molecule has 1 unspecified atom stereocenters. The molecule has 4 rings (SSSR count). The molecular formula is C17H18N4O4. The Kier molecular flexibility index (Phi) is 4.10. The number of rotatable bonds is 4. The number of ether oxygens (including phenoxy) is 1. The third-order valence-electron chi connectivity index (χ3n) is 4.32. The maximum Gasteiger partial charge on any atom is 0.164 e. The van der Waals surface area contributed by atoms with Crippen molar-refractivity contribution in [3.63, 3.8) is 0 Å². The van der Waals surface area contributed by atoms with Gasteiger partial charge in [-0.25, -0.2) is 9.97 Å². The van der Waals surface area contributed by atoms with Gasteiger partial charge in [0.15, 0.2) is 12.0 Å². The van der Waals surface area contributed by atoms with Gasteiger partial charge in [-0.2, -0.15) is 0 Å². The van der Waals surface area contributed by atoms with Crippen LogP contribution in [0.25, 0.3) is 11.0 Å². The van der Waals surface area contributed by atoms with Crippen molar-refractivity contribution in [3.8, 4) is 0 Å². The molecule has 0 aliphatic carbocycles. The Morgan fingerprint density at radius 1 is 1.08 bits per heavy atom. The highest BCUT2D eigenvalue weighted by molar-refractivity contribution is 5.87. The normalized spacial score (nSPS) is 26.2. The maximum atomic E-state index is 10.2. The standard InChI is InChI=1S/C17H18N4O4/c22-8-12-14(23)15(24)17(25-12)21-9-19-13-11(21)6-7-18-16(13)20-10-4-2-1-3-5-10/h1-7,9,12,14-15,17,22-24H,8H2,(H,18,20)/t12-,14-,15-,17?/m1/s1. The first-order valence-corrected chi connectivity index (χ1v) is 7.95. The van der Waals surface area contributed by atoms with Crippen molar-refractivity contribution in [2.45, 2.75) is 24.5 Å². The lowest BCUT2D eigenvalue weighted by atomic mass is 10.1. The fourth-order valence-electron chi connectivity index (χ4n) is 3.02. The van der Waals surface area contributed by atoms with Crippen molar-refractivity contribution < 1.29 is 20.1 Å². The van der Waals surface area contributed by atoms with Crippen LogP contribution < -0.4 is 5.32 Å². The number of imidazole rings is 1. The Hall–Kier alpha value is -2.52. The molecule has 1 aliphatic rings. The summed E-state index contributed by atoms with van der Waals surface area (Å²) < 4.78 is 7.21. The van der Waals surface area contributed by atoms with Gasteiger partial charge in [0.2, 0.25) is 0 Å². The number of benzene rings is 1. The Labute approximate surface area is 143 Å². The van der Waals surface area contributed by atoms with Gasteiger partial charge >= 0.3 is 0 Å². The molecule has 1 fully saturated rings. The third kappa shape index (κ3) is 2.75. The van der Waals surface area contributed by atoms with E-state index in [4.69, 9.17) is 4.74 Å². The van der Waals surface area contributed by atoms with E-state index >= 15 is 0 Å². The molecule has 4 N–H and O–H groups in total. The molecule has 1 saturated heterocycles. The number of hydrogen-bond donors (Lipinski definition) is 4. The van der Waals surface area contributed by atoms with Gasteiger partial charge in [0.05, 0.1) is 18.5 Å². The van der Waals surface area contributed by atoms with Gasteiger partial charge in [-0.05, 0) is 18.2 Å². The van der Waals surface area contributed by atoms with Gasteiger partial charge in [0.25, 0.3) is 0 Å². The van der Waals surface area contributed by atoms with Crippen LogP contribution in [0.15, 0.2) is 48.9 Å². The van der Waals surface area contributed by atoms with Crippen LogP contribution in [0.5, 0.6) is 0 Å². The fraction of sp³-hybridized carbons (Fsp3) is 0.294. The lowest BCUT2D eigenvalue weighted by Gasteiger charge is -2.17. The van der Waals surface area contributed by atoms with E-state index in [1.54, 1.807) is 16.8 Å². The number of para-hydroxylation sites is 1. The van der Waals surface area contributed by atoms with Crippen LogP contribution in [0.4, 0.5) is 11.5 Å². The zero-order valence-electron chi connectivity index (χ0n) is 13.2. The summed E-state index contributed by atoms with van der Waals surface area (Å²) in [5, 5.41) is 32.6. The van der Waals surface area contributed by atoms with Crippen LogP contribution in [-0.2, 0) is 4.74 Å². The molecule has 8 nitrogen and oxygen atoms in total. The van der Waals surface area contributed by atoms with E-state index in [1.807, 2.05) is 30.3 Å². The Morgan fingerprint density at radius 2 is 1.88 bits per heavy atom. The van der Waals surface area contributed by atoms with Crippen LogP contribution in [0.1, 0.15) is 6.23 Å². The molecule has 1 aromatic carbocycles. The van der Waals surface area contributed by atoms with Gasteiger partial charge in [-0.3, -0.25) is 0 Å². The minimum absolute atomic E-state index is 0.371. The minimum atomic E-state index is -1.16. The fourth-order valence-corrected chi connectivity index (χ4v) is 3.02. The van der Waals surface area contributed by atoms with Crippen LogP contribution in [-0.4, -0.2) is 54.8 Å². The molecule has 3 aromatic rings. The monoisotopic (exact) mass is 342 g/mol. The first-order valence-electron chi connectivity index (χ1n) is 7.95. The van der Waals surface area contributed by atoms with Crippen molar-refractivity contribution in [1.29, 1.82) is 0 Å². The second-order valence-corrected chi connectivity index (χ2v) is 5.90. The molecule has 0 spiro atoms. The van der Waals surface area contributed by atoms with E-state index in [0.717, 1.165) is 5.69 Å². The van der Waals surface area contributed by atoms with Crippen molar-refractivity contribution in [1.82, 2.24) is 14.5 Å². The number of aromatic nitrogens is 3. The summed E-state index contributed by atoms with van der Waals surface area (Å²) in [7, 11) is 0. The highest BCUT2D eigenvalue weighted by Gasteiger charge is 2.43. The van der Waals surface area contributed by atoms with Gasteiger partial charge in [-0.15, -0.1) is 0 Å². The van der Waals surface area contributed by atoms with Crippen molar-refractivity contribution in [2.24, 2.45) is 0 Å². The number of fused-ring (bicyclic) bond motifs is 1. The first kappa shape index (κ1) is 16.0. The van der Waals surface area contributed by atoms with E-state index < -0.39 is 24.5 Å². The number of aliphatic hydroxyl groups excluding tert-OH is 3. The summed E-state index contributed by atoms with van der Waals surface area (Å²) in [4.78, 5) is 8.70. The van der Waals surface area contributed by atoms with E-state index in [0.29, 0.717) is 16.9 Å². The molecule has 8 heteroatoms. The van der Waals surface area contributed by atoms with E-state index in [-0.39, 0.29) is 6.61 Å². The number of nitrogens with one attached hydrogen (secondary N) is 1. The van der Waals surface area contributed by atoms with Crippen molar-refractivity contribution >= 4 is 22.5 Å². The topological polar surface area (TPSA) is 113 Å². The number of anilines is 2. The summed E-state index contributed by atoms with van der Waals surface area (Å²) in [6.07, 6.45) is -0.814. The number of pyridine rings is 1. The average Bonchev–Trinajstić information content (AvgIpc) is 3.18. The molecule has 25 heavy (non-hydrogen) atoms. The van der Waals surface area contributed by atoms with E-state index in [2.05, 4.69) is 15.3 Å². The van der Waals surface area contributed by atoms with E-state index in [9.17, 15) is 15.3 Å². The van der Waals surface area contributed by atoms with Crippen LogP contribution in [0.3, 0.4) is 0 Å². The molecular weight excluding hydrogens is 324 g/mol. The molecule has 0 saturated carbocycles. The largest absolute Gasteiger partial charge is 0.394 e. The van der Waals surface area contributed by atoms with Crippen molar-refractivity contribution in [3.05, 3.63) is 48.9 Å². The predicted molar refractivity (Wildman–Crippen MR) is 90.3 cm³/mol. The first-order chi connectivity index (χ1) is 12.2. The van der Waals surface area contributed by atoms with Crippen molar-refractivity contribution in [2.75, 3.05) is 11.9 Å². The molecule has 4 atom stereocenters. The Morgan fingerprint density at radius 3 is 2.60 bits per heavy atom. The lowest BCUT2D eigenvalue weighted by molar-refractivity contribution is -0.0508. The highest BCUT2D eigenvalue weighted by atomic mass is 16.6. The Bertz CT molecular complexity index is 869. The van der Waals surface area contributed by atoms with Gasteiger partial charge in [0.1, 0.15) is 23.8 Å². The van der Waals surface area contributed by atoms with E-state index in [1.165, 1.54) is 6.33 Å². The van der Waals surface area contributed by atoms with Crippen LogP contribution in [0.2, 0.25) is 0 Å². The quantitative estimate of drug-likeness (QED) is 0.554. The number of aliphatic hydroxyl groups is 3. The third-order valence-corrected chi connectivity index (χ3v) is 4.32. The summed E-state index contributed by atoms with van der Waals surface area (Å²) >= 11 is 0. The van der Waals surface area contributed by atoms with Gasteiger partial charge in [-0.1, -0.05) is 18.2 Å². The summed E-state index contributed by atoms with van der Waals surface area (Å²) in [6.45, 7) is -0.371. The Balaban J connectivity index is 1.70. The maximum absolute atomic E-state index is 10.2. The minimum Gasteiger partial charge on any atom is -0.394 e. The SMILES string of the molecule is OC[C@H]1OC(n2cnc3c(Nc4ccccc4)nccc32)[C@H](O)[C@@H]1O. The second-order valence-electron chi connectivity index (χ2n) is 5.90. The van der Waals surface area contributed by atoms with Gasteiger partial charge in [0, 0.05) is 11.9 Å². The number of hydrogen-bond acceptors (Lipinski definition) is 7.